The van der Waals surface area contributed by atoms with Gasteiger partial charge in [-0.25, -0.2) is 4.98 Å². The molecule has 0 spiro atoms. The number of nitrogens with zero attached hydrogens (tertiary/aromatic N) is 3. The molecule has 2 N–H and O–H groups in total. The first-order chi connectivity index (χ1) is 9.74. The molecule has 2 aromatic rings. The summed E-state index contributed by atoms with van der Waals surface area (Å²) in [6, 6.07) is 2.17. The number of hydrogen-bond donors (Lipinski definition) is 1. The van der Waals surface area contributed by atoms with Crippen molar-refractivity contribution in [1.29, 1.82) is 0 Å². The van der Waals surface area contributed by atoms with Crippen molar-refractivity contribution in [3.05, 3.63) is 33.5 Å². The average molecular weight is 306 g/mol. The van der Waals surface area contributed by atoms with E-state index in [1.807, 2.05) is 11.7 Å². The van der Waals surface area contributed by atoms with Gasteiger partial charge in [-0.2, -0.15) is 5.10 Å². The number of hydrogen-bond acceptors (Lipinski definition) is 4. The van der Waals surface area contributed by atoms with Crippen molar-refractivity contribution in [3.8, 4) is 0 Å². The fraction of sp³-hybridized carbons (Fsp3) is 0.625. The SMILES string of the molecule is CC(C)c1cc(C(CN)c2nc(C(C)(C)C)cs2)n(C)n1. The monoisotopic (exact) mass is 306 g/mol. The summed E-state index contributed by atoms with van der Waals surface area (Å²) in [6.07, 6.45) is 0. The zero-order valence-corrected chi connectivity index (χ0v) is 14.7. The van der Waals surface area contributed by atoms with E-state index in [0.717, 1.165) is 22.1 Å². The summed E-state index contributed by atoms with van der Waals surface area (Å²) in [5.41, 5.74) is 9.50. The van der Waals surface area contributed by atoms with Gasteiger partial charge in [0.2, 0.25) is 0 Å². The molecule has 116 valence electrons. The Bertz CT molecular complexity index is 604. The van der Waals surface area contributed by atoms with E-state index < -0.39 is 0 Å². The van der Waals surface area contributed by atoms with Crippen molar-refractivity contribution in [1.82, 2.24) is 14.8 Å². The molecule has 5 heteroatoms. The van der Waals surface area contributed by atoms with Crippen molar-refractivity contribution in [3.63, 3.8) is 0 Å². The van der Waals surface area contributed by atoms with Crippen LogP contribution >= 0.6 is 11.3 Å². The fourth-order valence-electron chi connectivity index (χ4n) is 2.25. The molecule has 0 saturated carbocycles. The van der Waals surface area contributed by atoms with E-state index in [-0.39, 0.29) is 11.3 Å². The lowest BCUT2D eigenvalue weighted by atomic mass is 9.93. The van der Waals surface area contributed by atoms with Crippen LogP contribution in [0.4, 0.5) is 0 Å². The molecule has 21 heavy (non-hydrogen) atoms. The zero-order chi connectivity index (χ0) is 15.8. The molecule has 1 atom stereocenters. The van der Waals surface area contributed by atoms with Crippen LogP contribution in [0, 0.1) is 0 Å². The van der Waals surface area contributed by atoms with Crippen molar-refractivity contribution in [2.24, 2.45) is 12.8 Å². The van der Waals surface area contributed by atoms with Gasteiger partial charge in [0.25, 0.3) is 0 Å². The molecule has 2 heterocycles. The van der Waals surface area contributed by atoms with E-state index in [1.54, 1.807) is 11.3 Å². The summed E-state index contributed by atoms with van der Waals surface area (Å²) in [6.45, 7) is 11.4. The van der Waals surface area contributed by atoms with E-state index in [4.69, 9.17) is 10.7 Å². The Balaban J connectivity index is 2.38. The molecule has 0 fully saturated rings. The van der Waals surface area contributed by atoms with Gasteiger partial charge < -0.3 is 5.73 Å². The molecule has 2 rings (SSSR count). The van der Waals surface area contributed by atoms with Crippen LogP contribution in [0.2, 0.25) is 0 Å². The predicted octanol–water partition coefficient (Wildman–Crippen LogP) is 3.39. The zero-order valence-electron chi connectivity index (χ0n) is 13.8. The topological polar surface area (TPSA) is 56.7 Å². The maximum atomic E-state index is 6.03. The van der Waals surface area contributed by atoms with Crippen LogP contribution in [0.3, 0.4) is 0 Å². The molecule has 0 aromatic carbocycles. The molecule has 0 saturated heterocycles. The van der Waals surface area contributed by atoms with Gasteiger partial charge in [-0.1, -0.05) is 34.6 Å². The highest BCUT2D eigenvalue weighted by atomic mass is 32.1. The highest BCUT2D eigenvalue weighted by Gasteiger charge is 2.24. The van der Waals surface area contributed by atoms with Crippen molar-refractivity contribution < 1.29 is 0 Å². The molecule has 0 bridgehead atoms. The maximum absolute atomic E-state index is 6.03. The Morgan fingerprint density at radius 2 is 2.00 bits per heavy atom. The van der Waals surface area contributed by atoms with Gasteiger partial charge in [0.1, 0.15) is 5.01 Å². The number of thiazole rings is 1. The first kappa shape index (κ1) is 16.2. The lowest BCUT2D eigenvalue weighted by molar-refractivity contribution is 0.567. The Labute approximate surface area is 131 Å². The number of nitrogens with two attached hydrogens (primary N) is 1. The number of aryl methyl sites for hydroxylation is 1. The van der Waals surface area contributed by atoms with Crippen LogP contribution in [0.1, 0.15) is 68.5 Å². The third-order valence-corrected chi connectivity index (χ3v) is 4.67. The van der Waals surface area contributed by atoms with Gasteiger partial charge in [-0.15, -0.1) is 11.3 Å². The highest BCUT2D eigenvalue weighted by Crippen LogP contribution is 2.31. The Kier molecular flexibility index (Phi) is 4.54. The summed E-state index contributed by atoms with van der Waals surface area (Å²) < 4.78 is 1.95. The molecule has 0 radical (unpaired) electrons. The molecular formula is C16H26N4S. The predicted molar refractivity (Wildman–Crippen MR) is 89.0 cm³/mol. The van der Waals surface area contributed by atoms with Gasteiger partial charge in [0.05, 0.1) is 17.3 Å². The quantitative estimate of drug-likeness (QED) is 0.942. The molecule has 0 amide bonds. The van der Waals surface area contributed by atoms with Crippen LogP contribution in [0.5, 0.6) is 0 Å². The Hall–Kier alpha value is -1.20. The van der Waals surface area contributed by atoms with Crippen LogP contribution in [-0.4, -0.2) is 21.3 Å². The first-order valence-electron chi connectivity index (χ1n) is 7.43. The minimum absolute atomic E-state index is 0.0729. The summed E-state index contributed by atoms with van der Waals surface area (Å²) >= 11 is 1.70. The third-order valence-electron chi connectivity index (χ3n) is 3.71. The van der Waals surface area contributed by atoms with E-state index in [1.165, 1.54) is 0 Å². The smallest absolute Gasteiger partial charge is 0.103 e. The van der Waals surface area contributed by atoms with E-state index in [9.17, 15) is 0 Å². The lowest BCUT2D eigenvalue weighted by Crippen LogP contribution is -2.18. The minimum Gasteiger partial charge on any atom is -0.329 e. The van der Waals surface area contributed by atoms with Gasteiger partial charge in [-0.05, 0) is 12.0 Å². The molecule has 0 aliphatic heterocycles. The summed E-state index contributed by atoms with van der Waals surface area (Å²) in [5.74, 6) is 0.543. The van der Waals surface area contributed by atoms with E-state index >= 15 is 0 Å². The van der Waals surface area contributed by atoms with Crippen molar-refractivity contribution in [2.45, 2.75) is 51.9 Å². The van der Waals surface area contributed by atoms with E-state index in [0.29, 0.717) is 12.5 Å². The average Bonchev–Trinajstić information content (AvgIpc) is 2.98. The van der Waals surface area contributed by atoms with Gasteiger partial charge in [0, 0.05) is 30.1 Å². The summed E-state index contributed by atoms with van der Waals surface area (Å²) in [5, 5.41) is 7.83. The summed E-state index contributed by atoms with van der Waals surface area (Å²) in [7, 11) is 1.99. The normalized spacial score (nSPS) is 13.9. The number of aromatic nitrogens is 3. The summed E-state index contributed by atoms with van der Waals surface area (Å²) in [4.78, 5) is 4.82. The van der Waals surface area contributed by atoms with Crippen molar-refractivity contribution >= 4 is 11.3 Å². The third kappa shape index (κ3) is 3.35. The molecule has 1 unspecified atom stereocenters. The van der Waals surface area contributed by atoms with Crippen LogP contribution in [0.15, 0.2) is 11.4 Å². The second kappa shape index (κ2) is 5.89. The van der Waals surface area contributed by atoms with E-state index in [2.05, 4.69) is 51.2 Å². The molecular weight excluding hydrogens is 280 g/mol. The highest BCUT2D eigenvalue weighted by molar-refractivity contribution is 7.09. The van der Waals surface area contributed by atoms with Gasteiger partial charge in [-0.3, -0.25) is 4.68 Å². The molecule has 2 aromatic heterocycles. The fourth-order valence-corrected chi connectivity index (χ4v) is 3.42. The Morgan fingerprint density at radius 3 is 2.43 bits per heavy atom. The lowest BCUT2D eigenvalue weighted by Gasteiger charge is -2.15. The van der Waals surface area contributed by atoms with Crippen LogP contribution in [-0.2, 0) is 12.5 Å². The standard InChI is InChI=1S/C16H26N4S/c1-10(2)12-7-13(20(6)19-12)11(8-17)15-18-14(9-21-15)16(3,4)5/h7,9-11H,8,17H2,1-6H3. The second-order valence-electron chi connectivity index (χ2n) is 6.88. The molecule has 0 aliphatic rings. The van der Waals surface area contributed by atoms with Crippen molar-refractivity contribution in [2.75, 3.05) is 6.54 Å². The second-order valence-corrected chi connectivity index (χ2v) is 7.77. The molecule has 4 nitrogen and oxygen atoms in total. The van der Waals surface area contributed by atoms with Gasteiger partial charge in [0.15, 0.2) is 0 Å². The maximum Gasteiger partial charge on any atom is 0.103 e. The number of rotatable bonds is 4. The molecule has 0 aliphatic carbocycles. The Morgan fingerprint density at radius 1 is 1.33 bits per heavy atom. The van der Waals surface area contributed by atoms with Crippen LogP contribution in [0.25, 0.3) is 0 Å². The minimum atomic E-state index is 0.0729. The largest absolute Gasteiger partial charge is 0.329 e. The van der Waals surface area contributed by atoms with Gasteiger partial charge >= 0.3 is 0 Å². The first-order valence-corrected chi connectivity index (χ1v) is 8.31. The van der Waals surface area contributed by atoms with Crippen LogP contribution < -0.4 is 5.73 Å².